The number of rotatable bonds is 5. The van der Waals surface area contributed by atoms with Gasteiger partial charge in [0.05, 0.1) is 6.61 Å². The van der Waals surface area contributed by atoms with Crippen molar-refractivity contribution in [3.63, 3.8) is 0 Å². The summed E-state index contributed by atoms with van der Waals surface area (Å²) in [5.74, 6) is 0.0375. The highest BCUT2D eigenvalue weighted by Crippen LogP contribution is 2.28. The lowest BCUT2D eigenvalue weighted by Gasteiger charge is -2.19. The first-order chi connectivity index (χ1) is 9.82. The summed E-state index contributed by atoms with van der Waals surface area (Å²) in [6.45, 7) is 7.96. The van der Waals surface area contributed by atoms with E-state index in [9.17, 15) is 9.59 Å². The zero-order valence-electron chi connectivity index (χ0n) is 13.0. The Morgan fingerprint density at radius 1 is 1.38 bits per heavy atom. The summed E-state index contributed by atoms with van der Waals surface area (Å²) in [6.07, 6.45) is 1.81. The van der Waals surface area contributed by atoms with Crippen molar-refractivity contribution >= 4 is 11.9 Å². The van der Waals surface area contributed by atoms with Gasteiger partial charge in [-0.1, -0.05) is 20.8 Å². The fraction of sp³-hybridized carbons (Fsp3) is 0.714. The summed E-state index contributed by atoms with van der Waals surface area (Å²) >= 11 is 0. The third-order valence-electron chi connectivity index (χ3n) is 3.24. The van der Waals surface area contributed by atoms with E-state index in [1.54, 1.807) is 6.92 Å². The van der Waals surface area contributed by atoms with E-state index in [1.807, 2.05) is 20.8 Å². The second-order valence-corrected chi connectivity index (χ2v) is 6.23. The summed E-state index contributed by atoms with van der Waals surface area (Å²) in [5.41, 5.74) is -0.211. The van der Waals surface area contributed by atoms with Crippen molar-refractivity contribution in [3.8, 4) is 0 Å². The van der Waals surface area contributed by atoms with Crippen molar-refractivity contribution in [2.75, 3.05) is 13.2 Å². The molecule has 0 saturated heterocycles. The molecule has 0 aliphatic heterocycles. The molecule has 0 atom stereocenters. The number of H-pyrrole nitrogens is 1. The van der Waals surface area contributed by atoms with Gasteiger partial charge in [0.1, 0.15) is 12.4 Å². The van der Waals surface area contributed by atoms with E-state index in [1.165, 1.54) is 4.90 Å². The molecule has 1 aliphatic rings. The number of ether oxygens (including phenoxy) is 1. The largest absolute Gasteiger partial charge is 0.465 e. The molecule has 1 aromatic rings. The van der Waals surface area contributed by atoms with Gasteiger partial charge in [0.25, 0.3) is 5.91 Å². The van der Waals surface area contributed by atoms with Crippen LogP contribution in [0.5, 0.6) is 0 Å². The van der Waals surface area contributed by atoms with Gasteiger partial charge in [0.15, 0.2) is 0 Å². The molecule has 116 valence electrons. The second-order valence-electron chi connectivity index (χ2n) is 6.23. The lowest BCUT2D eigenvalue weighted by molar-refractivity contribution is -0.144. The molecule has 0 bridgehead atoms. The highest BCUT2D eigenvalue weighted by atomic mass is 16.5. The van der Waals surface area contributed by atoms with Gasteiger partial charge in [-0.2, -0.15) is 0 Å². The monoisotopic (exact) mass is 294 g/mol. The van der Waals surface area contributed by atoms with Crippen LogP contribution in [0, 0.1) is 0 Å². The van der Waals surface area contributed by atoms with Gasteiger partial charge in [-0.25, -0.2) is 4.98 Å². The van der Waals surface area contributed by atoms with E-state index in [2.05, 4.69) is 15.2 Å². The van der Waals surface area contributed by atoms with E-state index < -0.39 is 5.97 Å². The molecule has 0 spiro atoms. The summed E-state index contributed by atoms with van der Waals surface area (Å²) in [7, 11) is 0. The van der Waals surface area contributed by atoms with Crippen LogP contribution >= 0.6 is 0 Å². The van der Waals surface area contributed by atoms with Gasteiger partial charge in [-0.15, -0.1) is 5.10 Å². The third kappa shape index (κ3) is 3.80. The number of hydrogen-bond donors (Lipinski definition) is 1. The lowest BCUT2D eigenvalue weighted by Crippen LogP contribution is -2.38. The van der Waals surface area contributed by atoms with Gasteiger partial charge < -0.3 is 9.64 Å². The van der Waals surface area contributed by atoms with Crippen LogP contribution in [0.1, 0.15) is 57.0 Å². The summed E-state index contributed by atoms with van der Waals surface area (Å²) in [6, 6.07) is 0.0958. The number of aromatic amines is 1. The Balaban J connectivity index is 2.11. The number of esters is 1. The summed E-state index contributed by atoms with van der Waals surface area (Å²) in [4.78, 5) is 29.9. The Morgan fingerprint density at radius 2 is 2.05 bits per heavy atom. The van der Waals surface area contributed by atoms with E-state index in [0.717, 1.165) is 12.8 Å². The molecule has 0 radical (unpaired) electrons. The first-order valence-electron chi connectivity index (χ1n) is 7.22. The highest BCUT2D eigenvalue weighted by molar-refractivity contribution is 5.93. The molecule has 0 unspecified atom stereocenters. The average molecular weight is 294 g/mol. The molecule has 1 aromatic heterocycles. The summed E-state index contributed by atoms with van der Waals surface area (Å²) in [5, 5.41) is 6.78. The molecule has 1 saturated carbocycles. The number of aromatic nitrogens is 3. The minimum atomic E-state index is -0.399. The Kier molecular flexibility index (Phi) is 4.29. The van der Waals surface area contributed by atoms with Gasteiger partial charge in [0, 0.05) is 11.5 Å². The lowest BCUT2D eigenvalue weighted by atomic mass is 9.96. The molecule has 1 heterocycles. The predicted octanol–water partition coefficient (Wildman–Crippen LogP) is 1.27. The number of carbonyl (C=O) groups is 2. The van der Waals surface area contributed by atoms with Gasteiger partial charge >= 0.3 is 5.97 Å². The minimum absolute atomic E-state index is 0.0449. The van der Waals surface area contributed by atoms with Crippen LogP contribution in [0.15, 0.2) is 0 Å². The maximum absolute atomic E-state index is 12.5. The van der Waals surface area contributed by atoms with E-state index in [-0.39, 0.29) is 29.7 Å². The Morgan fingerprint density at radius 3 is 2.52 bits per heavy atom. The fourth-order valence-electron chi connectivity index (χ4n) is 1.92. The molecule has 1 amide bonds. The van der Waals surface area contributed by atoms with E-state index in [4.69, 9.17) is 4.74 Å². The first kappa shape index (κ1) is 15.5. The molecular weight excluding hydrogens is 272 g/mol. The van der Waals surface area contributed by atoms with Crippen LogP contribution in [0.2, 0.25) is 0 Å². The molecule has 0 aromatic carbocycles. The molecular formula is C14H22N4O3. The van der Waals surface area contributed by atoms with Crippen LogP contribution < -0.4 is 0 Å². The van der Waals surface area contributed by atoms with Gasteiger partial charge in [-0.05, 0) is 19.8 Å². The maximum atomic E-state index is 12.5. The fourth-order valence-corrected chi connectivity index (χ4v) is 1.92. The number of carbonyl (C=O) groups excluding carboxylic acids is 2. The Bertz CT molecular complexity index is 529. The predicted molar refractivity (Wildman–Crippen MR) is 75.8 cm³/mol. The Labute approximate surface area is 124 Å². The van der Waals surface area contributed by atoms with Crippen molar-refractivity contribution in [3.05, 3.63) is 11.6 Å². The first-order valence-corrected chi connectivity index (χ1v) is 7.22. The SMILES string of the molecule is CCOC(=O)CN(C(=O)c1n[nH]c(C(C)(C)C)n1)C1CC1. The number of nitrogens with zero attached hydrogens (tertiary/aromatic N) is 3. The zero-order valence-corrected chi connectivity index (χ0v) is 13.0. The molecule has 21 heavy (non-hydrogen) atoms. The van der Waals surface area contributed by atoms with Crippen LogP contribution in [-0.4, -0.2) is 51.2 Å². The van der Waals surface area contributed by atoms with Crippen LogP contribution in [0.25, 0.3) is 0 Å². The third-order valence-corrected chi connectivity index (χ3v) is 3.24. The minimum Gasteiger partial charge on any atom is -0.465 e. The van der Waals surface area contributed by atoms with Gasteiger partial charge in [0.2, 0.25) is 5.82 Å². The standard InChI is InChI=1S/C14H22N4O3/c1-5-21-10(19)8-18(9-6-7-9)12(20)11-15-13(17-16-11)14(2,3)4/h9H,5-8H2,1-4H3,(H,15,16,17). The zero-order chi connectivity index (χ0) is 15.6. The van der Waals surface area contributed by atoms with Crippen molar-refractivity contribution in [1.29, 1.82) is 0 Å². The molecule has 1 N–H and O–H groups in total. The van der Waals surface area contributed by atoms with Crippen LogP contribution in [0.4, 0.5) is 0 Å². The van der Waals surface area contributed by atoms with Crippen LogP contribution in [-0.2, 0) is 14.9 Å². The number of amides is 1. The molecule has 1 fully saturated rings. The molecule has 2 rings (SSSR count). The smallest absolute Gasteiger partial charge is 0.325 e. The number of hydrogen-bond acceptors (Lipinski definition) is 5. The van der Waals surface area contributed by atoms with Crippen molar-refractivity contribution < 1.29 is 14.3 Å². The van der Waals surface area contributed by atoms with Crippen molar-refractivity contribution in [1.82, 2.24) is 20.1 Å². The maximum Gasteiger partial charge on any atom is 0.325 e. The summed E-state index contributed by atoms with van der Waals surface area (Å²) < 4.78 is 4.91. The van der Waals surface area contributed by atoms with Crippen molar-refractivity contribution in [2.45, 2.75) is 52.0 Å². The highest BCUT2D eigenvalue weighted by Gasteiger charge is 2.36. The molecule has 1 aliphatic carbocycles. The number of nitrogens with one attached hydrogen (secondary N) is 1. The Hall–Kier alpha value is -1.92. The molecule has 7 heteroatoms. The quantitative estimate of drug-likeness (QED) is 0.826. The average Bonchev–Trinajstić information content (AvgIpc) is 3.09. The normalized spacial score (nSPS) is 14.9. The van der Waals surface area contributed by atoms with Crippen molar-refractivity contribution in [2.24, 2.45) is 0 Å². The second kappa shape index (κ2) is 5.83. The topological polar surface area (TPSA) is 88.2 Å². The van der Waals surface area contributed by atoms with Gasteiger partial charge in [-0.3, -0.25) is 14.7 Å². The molecule has 7 nitrogen and oxygen atoms in total. The van der Waals surface area contributed by atoms with E-state index in [0.29, 0.717) is 12.4 Å². The van der Waals surface area contributed by atoms with Crippen LogP contribution in [0.3, 0.4) is 0 Å². The van der Waals surface area contributed by atoms with E-state index >= 15 is 0 Å².